The first kappa shape index (κ1) is 17.0. The lowest BCUT2D eigenvalue weighted by Gasteiger charge is -2.39. The molecule has 0 aromatic heterocycles. The van der Waals surface area contributed by atoms with Crippen LogP contribution in [-0.4, -0.2) is 31.1 Å². The second-order valence-electron chi connectivity index (χ2n) is 5.75. The van der Waals surface area contributed by atoms with Crippen molar-refractivity contribution in [3.63, 3.8) is 0 Å². The van der Waals surface area contributed by atoms with Gasteiger partial charge < -0.3 is 5.32 Å². The normalized spacial score (nSPS) is 19.5. The minimum absolute atomic E-state index is 0.0155. The monoisotopic (exact) mass is 332 g/mol. The van der Waals surface area contributed by atoms with Gasteiger partial charge in [-0.3, -0.25) is 4.90 Å². The van der Waals surface area contributed by atoms with Crippen molar-refractivity contribution in [2.45, 2.75) is 32.7 Å². The minimum Gasteiger partial charge on any atom is -0.314 e. The summed E-state index contributed by atoms with van der Waals surface area (Å²) < 4.78 is 14.5. The largest absolute Gasteiger partial charge is 0.314 e. The molecular formula is C16H23Cl2FN2. The summed E-state index contributed by atoms with van der Waals surface area (Å²) >= 11 is 12.5. The van der Waals surface area contributed by atoms with Crippen LogP contribution in [0.25, 0.3) is 0 Å². The Morgan fingerprint density at radius 3 is 2.57 bits per heavy atom. The Morgan fingerprint density at radius 2 is 1.95 bits per heavy atom. The summed E-state index contributed by atoms with van der Waals surface area (Å²) in [4.78, 5) is 2.33. The minimum atomic E-state index is -0.254. The Bertz CT molecular complexity index is 476. The van der Waals surface area contributed by atoms with E-state index in [2.05, 4.69) is 24.1 Å². The van der Waals surface area contributed by atoms with Gasteiger partial charge >= 0.3 is 0 Å². The summed E-state index contributed by atoms with van der Waals surface area (Å²) in [6.07, 6.45) is 2.11. The van der Waals surface area contributed by atoms with Crippen LogP contribution >= 0.6 is 23.2 Å². The highest BCUT2D eigenvalue weighted by Crippen LogP contribution is 2.40. The average molecular weight is 333 g/mol. The predicted molar refractivity (Wildman–Crippen MR) is 87.7 cm³/mol. The maximum absolute atomic E-state index is 14.5. The van der Waals surface area contributed by atoms with Gasteiger partial charge in [0, 0.05) is 37.8 Å². The SMILES string of the molecule is CCCC(C)[C@@H](c1c(F)ccc(Cl)c1Cl)N1CCNCC1. The number of rotatable bonds is 5. The van der Waals surface area contributed by atoms with Crippen LogP contribution in [0.3, 0.4) is 0 Å². The molecule has 2 rings (SSSR count). The van der Waals surface area contributed by atoms with E-state index in [0.717, 1.165) is 39.0 Å². The van der Waals surface area contributed by atoms with E-state index in [9.17, 15) is 4.39 Å². The zero-order chi connectivity index (χ0) is 15.4. The third-order valence-electron chi connectivity index (χ3n) is 4.20. The molecule has 2 nitrogen and oxygen atoms in total. The number of hydrogen-bond acceptors (Lipinski definition) is 2. The molecule has 1 unspecified atom stereocenters. The predicted octanol–water partition coefficient (Wildman–Crippen LogP) is 4.52. The van der Waals surface area contributed by atoms with Crippen LogP contribution in [0, 0.1) is 11.7 Å². The highest BCUT2D eigenvalue weighted by molar-refractivity contribution is 6.42. The first-order chi connectivity index (χ1) is 10.1. The zero-order valence-corrected chi connectivity index (χ0v) is 14.1. The topological polar surface area (TPSA) is 15.3 Å². The van der Waals surface area contributed by atoms with E-state index in [1.54, 1.807) is 0 Å². The quantitative estimate of drug-likeness (QED) is 0.797. The van der Waals surface area contributed by atoms with Gasteiger partial charge in [-0.05, 0) is 24.5 Å². The highest BCUT2D eigenvalue weighted by Gasteiger charge is 2.31. The number of piperazine rings is 1. The molecule has 1 aliphatic rings. The van der Waals surface area contributed by atoms with Crippen LogP contribution in [0.5, 0.6) is 0 Å². The molecule has 0 saturated carbocycles. The Labute approximate surface area is 136 Å². The first-order valence-electron chi connectivity index (χ1n) is 7.64. The van der Waals surface area contributed by atoms with E-state index < -0.39 is 0 Å². The molecule has 118 valence electrons. The van der Waals surface area contributed by atoms with Gasteiger partial charge in [-0.2, -0.15) is 0 Å². The summed E-state index contributed by atoms with van der Waals surface area (Å²) in [5, 5.41) is 4.13. The molecule has 1 N–H and O–H groups in total. The smallest absolute Gasteiger partial charge is 0.129 e. The molecule has 1 heterocycles. The van der Waals surface area contributed by atoms with Crippen molar-refractivity contribution in [1.29, 1.82) is 0 Å². The maximum atomic E-state index is 14.5. The van der Waals surface area contributed by atoms with Gasteiger partial charge in [0.15, 0.2) is 0 Å². The summed E-state index contributed by atoms with van der Waals surface area (Å²) in [6, 6.07) is 2.94. The molecule has 0 spiro atoms. The number of nitrogens with zero attached hydrogens (tertiary/aromatic N) is 1. The van der Waals surface area contributed by atoms with E-state index in [1.165, 1.54) is 12.1 Å². The fraction of sp³-hybridized carbons (Fsp3) is 0.625. The standard InChI is InChI=1S/C16H23Cl2FN2/c1-3-4-11(2)16(21-9-7-20-8-10-21)14-13(19)6-5-12(17)15(14)18/h5-6,11,16,20H,3-4,7-10H2,1-2H3/t11?,16-/m0/s1. The van der Waals surface area contributed by atoms with Crippen LogP contribution in [0.4, 0.5) is 4.39 Å². The Hall–Kier alpha value is -0.350. The Kier molecular flexibility index (Phi) is 6.30. The summed E-state index contributed by atoms with van der Waals surface area (Å²) in [6.45, 7) is 7.99. The molecule has 1 aromatic carbocycles. The van der Waals surface area contributed by atoms with Gasteiger partial charge in [0.2, 0.25) is 0 Å². The molecule has 1 aliphatic heterocycles. The molecule has 0 bridgehead atoms. The van der Waals surface area contributed by atoms with Crippen LogP contribution in [-0.2, 0) is 0 Å². The molecule has 2 atom stereocenters. The van der Waals surface area contributed by atoms with Crippen LogP contribution < -0.4 is 5.32 Å². The van der Waals surface area contributed by atoms with Gasteiger partial charge in [-0.25, -0.2) is 4.39 Å². The summed E-state index contributed by atoms with van der Waals surface area (Å²) in [7, 11) is 0. The van der Waals surface area contributed by atoms with E-state index >= 15 is 0 Å². The molecule has 21 heavy (non-hydrogen) atoms. The molecule has 0 amide bonds. The molecule has 0 aliphatic carbocycles. The van der Waals surface area contributed by atoms with E-state index in [0.29, 0.717) is 21.5 Å². The van der Waals surface area contributed by atoms with Crippen LogP contribution in [0.2, 0.25) is 10.0 Å². The first-order valence-corrected chi connectivity index (χ1v) is 8.40. The number of halogens is 3. The molecule has 0 radical (unpaired) electrons. The van der Waals surface area contributed by atoms with Gasteiger partial charge in [0.05, 0.1) is 10.0 Å². The van der Waals surface area contributed by atoms with Crippen molar-refractivity contribution in [3.05, 3.63) is 33.6 Å². The fourth-order valence-electron chi connectivity index (χ4n) is 3.21. The lowest BCUT2D eigenvalue weighted by molar-refractivity contribution is 0.123. The van der Waals surface area contributed by atoms with Crippen molar-refractivity contribution in [2.75, 3.05) is 26.2 Å². The van der Waals surface area contributed by atoms with E-state index in [-0.39, 0.29) is 11.9 Å². The van der Waals surface area contributed by atoms with Crippen molar-refractivity contribution in [2.24, 2.45) is 5.92 Å². The number of benzene rings is 1. The van der Waals surface area contributed by atoms with Crippen molar-refractivity contribution < 1.29 is 4.39 Å². The maximum Gasteiger partial charge on any atom is 0.129 e. The lowest BCUT2D eigenvalue weighted by Crippen LogP contribution is -2.47. The zero-order valence-electron chi connectivity index (χ0n) is 12.6. The van der Waals surface area contributed by atoms with E-state index in [1.807, 2.05) is 0 Å². The van der Waals surface area contributed by atoms with Gasteiger partial charge in [0.25, 0.3) is 0 Å². The summed E-state index contributed by atoms with van der Waals surface area (Å²) in [5.74, 6) is 0.0782. The molecule has 1 aromatic rings. The third-order valence-corrected chi connectivity index (χ3v) is 5.02. The van der Waals surface area contributed by atoms with Crippen LogP contribution in [0.1, 0.15) is 38.3 Å². The number of nitrogens with one attached hydrogen (secondary N) is 1. The highest BCUT2D eigenvalue weighted by atomic mass is 35.5. The van der Waals surface area contributed by atoms with Crippen LogP contribution in [0.15, 0.2) is 12.1 Å². The van der Waals surface area contributed by atoms with Gasteiger partial charge in [-0.1, -0.05) is 43.5 Å². The van der Waals surface area contributed by atoms with E-state index in [4.69, 9.17) is 23.2 Å². The molecular weight excluding hydrogens is 310 g/mol. The van der Waals surface area contributed by atoms with Gasteiger partial charge in [0.1, 0.15) is 5.82 Å². The Morgan fingerprint density at radius 1 is 1.29 bits per heavy atom. The Balaban J connectivity index is 2.41. The van der Waals surface area contributed by atoms with Crippen molar-refractivity contribution in [1.82, 2.24) is 10.2 Å². The van der Waals surface area contributed by atoms with Crippen molar-refractivity contribution >= 4 is 23.2 Å². The molecule has 1 fully saturated rings. The van der Waals surface area contributed by atoms with Gasteiger partial charge in [-0.15, -0.1) is 0 Å². The number of hydrogen-bond donors (Lipinski definition) is 1. The lowest BCUT2D eigenvalue weighted by atomic mass is 9.88. The second-order valence-corrected chi connectivity index (χ2v) is 6.54. The summed E-state index contributed by atoms with van der Waals surface area (Å²) in [5.41, 5.74) is 0.562. The fourth-order valence-corrected chi connectivity index (χ4v) is 3.64. The molecule has 1 saturated heterocycles. The third kappa shape index (κ3) is 3.89. The average Bonchev–Trinajstić information content (AvgIpc) is 2.48. The van der Waals surface area contributed by atoms with Crippen molar-refractivity contribution in [3.8, 4) is 0 Å². The molecule has 5 heteroatoms. The second kappa shape index (κ2) is 7.77.